The van der Waals surface area contributed by atoms with E-state index in [1.54, 1.807) is 0 Å². The number of hydrogen-bond donors (Lipinski definition) is 3. The monoisotopic (exact) mass is 285 g/mol. The van der Waals surface area contributed by atoms with E-state index in [2.05, 4.69) is 22.2 Å². The summed E-state index contributed by atoms with van der Waals surface area (Å²) in [6.07, 6.45) is 10.9. The molecule has 2 aliphatic rings. The van der Waals surface area contributed by atoms with Gasteiger partial charge >= 0.3 is 9.36 Å². The van der Waals surface area contributed by atoms with Gasteiger partial charge in [0.05, 0.1) is 0 Å². The van der Waals surface area contributed by atoms with E-state index in [0.29, 0.717) is 12.1 Å². The van der Waals surface area contributed by atoms with Crippen LogP contribution in [0.1, 0.15) is 58.3 Å². The number of likely N-dealkylation sites (N-methyl/N-ethyl adjacent to an activating group) is 1. The van der Waals surface area contributed by atoms with Crippen molar-refractivity contribution in [2.75, 3.05) is 19.7 Å². The maximum atomic E-state index is 6.12. The fourth-order valence-corrected chi connectivity index (χ4v) is 5.35. The van der Waals surface area contributed by atoms with Crippen molar-refractivity contribution in [3.8, 4) is 0 Å². The third-order valence-corrected chi connectivity index (χ3v) is 6.42. The van der Waals surface area contributed by atoms with Crippen molar-refractivity contribution in [1.29, 1.82) is 0 Å². The summed E-state index contributed by atoms with van der Waals surface area (Å²) < 4.78 is 6.12. The lowest BCUT2D eigenvalue weighted by molar-refractivity contribution is 0.290. The SMILES string of the molecule is CCNCCO[SiH](NC1CCCC1)NC1CCCC1. The Kier molecular flexibility index (Phi) is 7.38. The topological polar surface area (TPSA) is 45.3 Å². The highest BCUT2D eigenvalue weighted by Crippen LogP contribution is 2.19. The molecule has 19 heavy (non-hydrogen) atoms. The fourth-order valence-electron chi connectivity index (χ4n) is 3.18. The van der Waals surface area contributed by atoms with Gasteiger partial charge in [0.1, 0.15) is 0 Å². The molecule has 0 aliphatic heterocycles. The molecule has 0 unspecified atom stereocenters. The quantitative estimate of drug-likeness (QED) is 0.443. The van der Waals surface area contributed by atoms with Crippen LogP contribution in [-0.4, -0.2) is 41.1 Å². The van der Waals surface area contributed by atoms with Gasteiger partial charge in [-0.25, -0.2) is 0 Å². The number of rotatable bonds is 9. The summed E-state index contributed by atoms with van der Waals surface area (Å²) in [6.45, 7) is 4.98. The molecule has 0 radical (unpaired) electrons. The van der Waals surface area contributed by atoms with Gasteiger partial charge in [0.15, 0.2) is 0 Å². The van der Waals surface area contributed by atoms with Gasteiger partial charge in [-0.3, -0.25) is 0 Å². The summed E-state index contributed by atoms with van der Waals surface area (Å²) in [6, 6.07) is 1.43. The smallest absolute Gasteiger partial charge is 0.335 e. The molecule has 0 amide bonds. The maximum absolute atomic E-state index is 6.12. The third kappa shape index (κ3) is 5.91. The van der Waals surface area contributed by atoms with Gasteiger partial charge in [0.2, 0.25) is 0 Å². The van der Waals surface area contributed by atoms with E-state index < -0.39 is 9.36 Å². The van der Waals surface area contributed by atoms with E-state index in [0.717, 1.165) is 19.7 Å². The van der Waals surface area contributed by atoms with Gasteiger partial charge in [-0.05, 0) is 32.2 Å². The molecule has 0 aromatic rings. The first-order chi connectivity index (χ1) is 9.38. The van der Waals surface area contributed by atoms with Crippen LogP contribution in [0.25, 0.3) is 0 Å². The van der Waals surface area contributed by atoms with Crippen LogP contribution in [0.2, 0.25) is 0 Å². The summed E-state index contributed by atoms with van der Waals surface area (Å²) >= 11 is 0. The second kappa shape index (κ2) is 9.08. The average Bonchev–Trinajstić information content (AvgIpc) is 3.08. The van der Waals surface area contributed by atoms with E-state index in [-0.39, 0.29) is 0 Å². The van der Waals surface area contributed by atoms with Gasteiger partial charge in [0, 0.05) is 25.2 Å². The molecule has 3 N–H and O–H groups in total. The summed E-state index contributed by atoms with van der Waals surface area (Å²) in [7, 11) is -1.42. The Hall–Kier alpha value is 0.0569. The van der Waals surface area contributed by atoms with Gasteiger partial charge in [-0.1, -0.05) is 32.6 Å². The molecule has 2 saturated carbocycles. The van der Waals surface area contributed by atoms with Crippen molar-refractivity contribution in [2.45, 2.75) is 70.4 Å². The molecule has 2 aliphatic carbocycles. The average molecular weight is 286 g/mol. The first kappa shape index (κ1) is 15.4. The molecule has 0 bridgehead atoms. The number of nitrogens with one attached hydrogen (secondary N) is 3. The molecule has 2 rings (SSSR count). The van der Waals surface area contributed by atoms with E-state index in [1.807, 2.05) is 0 Å². The third-order valence-electron chi connectivity index (χ3n) is 4.30. The van der Waals surface area contributed by atoms with Crippen molar-refractivity contribution in [1.82, 2.24) is 15.3 Å². The van der Waals surface area contributed by atoms with Crippen molar-refractivity contribution in [3.63, 3.8) is 0 Å². The summed E-state index contributed by atoms with van der Waals surface area (Å²) in [5.41, 5.74) is 0. The zero-order chi connectivity index (χ0) is 13.3. The first-order valence-electron chi connectivity index (χ1n) is 8.23. The minimum atomic E-state index is -1.42. The van der Waals surface area contributed by atoms with E-state index in [1.165, 1.54) is 51.4 Å². The van der Waals surface area contributed by atoms with Crippen LogP contribution in [0.4, 0.5) is 0 Å². The standard InChI is InChI=1S/C14H31N3OSi/c1-2-15-11-12-18-19(16-13-7-3-4-8-13)17-14-9-5-6-10-14/h13-17,19H,2-12H2,1H3. The van der Waals surface area contributed by atoms with Crippen molar-refractivity contribution >= 4 is 9.36 Å². The Balaban J connectivity index is 1.70. The molecular formula is C14H31N3OSi. The molecule has 0 atom stereocenters. The lowest BCUT2D eigenvalue weighted by Gasteiger charge is -2.25. The maximum Gasteiger partial charge on any atom is 0.335 e. The second-order valence-corrected chi connectivity index (χ2v) is 7.66. The Labute approximate surface area is 119 Å². The summed E-state index contributed by atoms with van der Waals surface area (Å²) in [5.74, 6) is 0. The zero-order valence-corrected chi connectivity index (χ0v) is 13.6. The van der Waals surface area contributed by atoms with E-state index in [9.17, 15) is 0 Å². The Morgan fingerprint density at radius 1 is 0.947 bits per heavy atom. The largest absolute Gasteiger partial charge is 0.393 e. The fraction of sp³-hybridized carbons (Fsp3) is 1.00. The molecular weight excluding hydrogens is 254 g/mol. The zero-order valence-electron chi connectivity index (χ0n) is 12.4. The van der Waals surface area contributed by atoms with Crippen molar-refractivity contribution < 1.29 is 4.43 Å². The van der Waals surface area contributed by atoms with Crippen molar-refractivity contribution in [3.05, 3.63) is 0 Å². The van der Waals surface area contributed by atoms with Crippen LogP contribution in [0.5, 0.6) is 0 Å². The Bertz CT molecular complexity index is 213. The minimum absolute atomic E-state index is 0.713. The summed E-state index contributed by atoms with van der Waals surface area (Å²) in [5, 5.41) is 3.33. The Morgan fingerprint density at radius 2 is 1.47 bits per heavy atom. The molecule has 4 nitrogen and oxygen atoms in total. The van der Waals surface area contributed by atoms with Gasteiger partial charge in [0.25, 0.3) is 0 Å². The molecule has 0 saturated heterocycles. The van der Waals surface area contributed by atoms with Gasteiger partial charge < -0.3 is 19.7 Å². The highest BCUT2D eigenvalue weighted by Gasteiger charge is 2.25. The molecule has 0 aromatic heterocycles. The van der Waals surface area contributed by atoms with Crippen LogP contribution < -0.4 is 15.3 Å². The highest BCUT2D eigenvalue weighted by atomic mass is 28.3. The van der Waals surface area contributed by atoms with E-state index in [4.69, 9.17) is 4.43 Å². The molecule has 0 heterocycles. The predicted molar refractivity (Wildman–Crippen MR) is 82.4 cm³/mol. The highest BCUT2D eigenvalue weighted by molar-refractivity contribution is 6.46. The van der Waals surface area contributed by atoms with Crippen LogP contribution in [0.3, 0.4) is 0 Å². The normalized spacial score (nSPS) is 21.8. The lowest BCUT2D eigenvalue weighted by Crippen LogP contribution is -2.56. The molecule has 5 heteroatoms. The molecule has 2 fully saturated rings. The van der Waals surface area contributed by atoms with E-state index >= 15 is 0 Å². The predicted octanol–water partition coefficient (Wildman–Crippen LogP) is 1.39. The van der Waals surface area contributed by atoms with Crippen molar-refractivity contribution in [2.24, 2.45) is 0 Å². The van der Waals surface area contributed by atoms with Crippen LogP contribution in [-0.2, 0) is 4.43 Å². The lowest BCUT2D eigenvalue weighted by atomic mass is 10.3. The summed E-state index contributed by atoms with van der Waals surface area (Å²) in [4.78, 5) is 7.60. The minimum Gasteiger partial charge on any atom is -0.393 e. The Morgan fingerprint density at radius 3 is 1.95 bits per heavy atom. The van der Waals surface area contributed by atoms with Crippen LogP contribution in [0, 0.1) is 0 Å². The number of hydrogen-bond acceptors (Lipinski definition) is 4. The van der Waals surface area contributed by atoms with Gasteiger partial charge in [-0.15, -0.1) is 0 Å². The van der Waals surface area contributed by atoms with Crippen LogP contribution >= 0.6 is 0 Å². The molecule has 0 spiro atoms. The molecule has 0 aromatic carbocycles. The van der Waals surface area contributed by atoms with Gasteiger partial charge in [-0.2, -0.15) is 0 Å². The molecule has 112 valence electrons. The van der Waals surface area contributed by atoms with Crippen LogP contribution in [0.15, 0.2) is 0 Å². The first-order valence-corrected chi connectivity index (χ1v) is 9.85. The second-order valence-electron chi connectivity index (χ2n) is 5.90.